The summed E-state index contributed by atoms with van der Waals surface area (Å²) in [6.45, 7) is 9.37. The molecule has 0 spiro atoms. The monoisotopic (exact) mass is 258 g/mol. The minimum Gasteiger partial charge on any atom is -0.465 e. The van der Waals surface area contributed by atoms with Gasteiger partial charge in [0.15, 0.2) is 0 Å². The van der Waals surface area contributed by atoms with Crippen molar-refractivity contribution >= 4 is 5.97 Å². The number of carbonyl (C=O) groups excluding carboxylic acids is 1. The van der Waals surface area contributed by atoms with E-state index in [-0.39, 0.29) is 5.97 Å². The van der Waals surface area contributed by atoms with Gasteiger partial charge < -0.3 is 15.0 Å². The van der Waals surface area contributed by atoms with Gasteiger partial charge in [-0.1, -0.05) is 13.3 Å². The lowest BCUT2D eigenvalue weighted by atomic mass is 10.2. The van der Waals surface area contributed by atoms with E-state index in [9.17, 15) is 4.79 Å². The summed E-state index contributed by atoms with van der Waals surface area (Å²) in [7, 11) is 2.14. The average Bonchev–Trinajstić information content (AvgIpc) is 2.33. The third kappa shape index (κ3) is 10.5. The molecule has 108 valence electrons. The van der Waals surface area contributed by atoms with Gasteiger partial charge in [0, 0.05) is 6.04 Å². The highest BCUT2D eigenvalue weighted by Crippen LogP contribution is 1.97. The van der Waals surface area contributed by atoms with Crippen LogP contribution in [0.5, 0.6) is 0 Å². The maximum absolute atomic E-state index is 11.3. The summed E-state index contributed by atoms with van der Waals surface area (Å²) in [6.07, 6.45) is 4.27. The molecule has 0 fully saturated rings. The molecule has 0 rings (SSSR count). The van der Waals surface area contributed by atoms with Crippen LogP contribution in [0.3, 0.4) is 0 Å². The van der Waals surface area contributed by atoms with Crippen molar-refractivity contribution < 1.29 is 9.53 Å². The second-order valence-electron chi connectivity index (χ2n) is 5.03. The van der Waals surface area contributed by atoms with E-state index in [0.717, 1.165) is 38.8 Å². The van der Waals surface area contributed by atoms with Crippen LogP contribution >= 0.6 is 0 Å². The number of nitrogens with zero attached hydrogens (tertiary/aromatic N) is 1. The van der Waals surface area contributed by atoms with Crippen LogP contribution in [0.2, 0.25) is 0 Å². The molecule has 4 nitrogen and oxygen atoms in total. The van der Waals surface area contributed by atoms with Gasteiger partial charge in [-0.25, -0.2) is 0 Å². The highest BCUT2D eigenvalue weighted by molar-refractivity contribution is 5.71. The highest BCUT2D eigenvalue weighted by atomic mass is 16.5. The lowest BCUT2D eigenvalue weighted by Crippen LogP contribution is -2.29. The first kappa shape index (κ1) is 17.4. The summed E-state index contributed by atoms with van der Waals surface area (Å²) < 4.78 is 5.05. The predicted octanol–water partition coefficient (Wildman–Crippen LogP) is 2.04. The van der Waals surface area contributed by atoms with Gasteiger partial charge in [-0.15, -0.1) is 0 Å². The van der Waals surface area contributed by atoms with Gasteiger partial charge >= 0.3 is 5.97 Å². The summed E-state index contributed by atoms with van der Waals surface area (Å²) in [5, 5.41) is 3.12. The van der Waals surface area contributed by atoms with Gasteiger partial charge in [0.25, 0.3) is 0 Å². The fourth-order valence-electron chi connectivity index (χ4n) is 1.44. The van der Waals surface area contributed by atoms with Crippen molar-refractivity contribution in [2.24, 2.45) is 0 Å². The standard InChI is InChI=1S/C14H30N2O2/c1-5-6-11-18-14(17)12-15-9-7-8-10-16(4)13(2)3/h13,15H,5-12H2,1-4H3. The molecule has 0 unspecified atom stereocenters. The molecule has 1 N–H and O–H groups in total. The fourth-order valence-corrected chi connectivity index (χ4v) is 1.44. The summed E-state index contributed by atoms with van der Waals surface area (Å²) >= 11 is 0. The average molecular weight is 258 g/mol. The Morgan fingerprint density at radius 1 is 1.28 bits per heavy atom. The molecule has 0 aliphatic heterocycles. The fraction of sp³-hybridized carbons (Fsp3) is 0.929. The molecule has 0 aliphatic rings. The molecule has 0 aliphatic carbocycles. The molecule has 0 saturated carbocycles. The largest absolute Gasteiger partial charge is 0.465 e. The Bertz CT molecular complexity index is 208. The smallest absolute Gasteiger partial charge is 0.319 e. The van der Waals surface area contributed by atoms with Gasteiger partial charge in [-0.05, 0) is 53.2 Å². The van der Waals surface area contributed by atoms with Crippen molar-refractivity contribution in [3.05, 3.63) is 0 Å². The molecule has 0 heterocycles. The zero-order chi connectivity index (χ0) is 13.8. The molecule has 0 bridgehead atoms. The topological polar surface area (TPSA) is 41.6 Å². The Morgan fingerprint density at radius 3 is 2.61 bits per heavy atom. The molecule has 18 heavy (non-hydrogen) atoms. The number of unbranched alkanes of at least 4 members (excludes halogenated alkanes) is 2. The number of carbonyl (C=O) groups is 1. The van der Waals surface area contributed by atoms with Crippen LogP contribution in [0.15, 0.2) is 0 Å². The van der Waals surface area contributed by atoms with Gasteiger partial charge in [0.1, 0.15) is 0 Å². The predicted molar refractivity (Wildman–Crippen MR) is 75.7 cm³/mol. The first-order chi connectivity index (χ1) is 8.57. The Hall–Kier alpha value is -0.610. The first-order valence-electron chi connectivity index (χ1n) is 7.14. The van der Waals surface area contributed by atoms with Crippen LogP contribution in [0, 0.1) is 0 Å². The van der Waals surface area contributed by atoms with Gasteiger partial charge in [-0.2, -0.15) is 0 Å². The lowest BCUT2D eigenvalue weighted by Gasteiger charge is -2.20. The van der Waals surface area contributed by atoms with Crippen LogP contribution in [0.1, 0.15) is 46.5 Å². The van der Waals surface area contributed by atoms with Crippen LogP contribution in [0.25, 0.3) is 0 Å². The molecular weight excluding hydrogens is 228 g/mol. The van der Waals surface area contributed by atoms with Crippen molar-refractivity contribution in [2.75, 3.05) is 33.3 Å². The molecule has 0 aromatic heterocycles. The minimum atomic E-state index is -0.136. The van der Waals surface area contributed by atoms with Crippen LogP contribution in [0.4, 0.5) is 0 Å². The number of ether oxygens (including phenoxy) is 1. The van der Waals surface area contributed by atoms with Gasteiger partial charge in [-0.3, -0.25) is 4.79 Å². The zero-order valence-electron chi connectivity index (χ0n) is 12.5. The van der Waals surface area contributed by atoms with Crippen molar-refractivity contribution in [3.63, 3.8) is 0 Å². The number of esters is 1. The van der Waals surface area contributed by atoms with E-state index in [4.69, 9.17) is 4.74 Å². The Morgan fingerprint density at radius 2 is 2.00 bits per heavy atom. The van der Waals surface area contributed by atoms with E-state index < -0.39 is 0 Å². The van der Waals surface area contributed by atoms with Crippen molar-refractivity contribution in [3.8, 4) is 0 Å². The summed E-state index contributed by atoms with van der Waals surface area (Å²) in [4.78, 5) is 13.6. The maximum Gasteiger partial charge on any atom is 0.319 e. The van der Waals surface area contributed by atoms with E-state index in [1.807, 2.05) is 0 Å². The quantitative estimate of drug-likeness (QED) is 0.455. The third-order valence-electron chi connectivity index (χ3n) is 3.03. The molecule has 0 radical (unpaired) electrons. The van der Waals surface area contributed by atoms with Crippen LogP contribution < -0.4 is 5.32 Å². The zero-order valence-corrected chi connectivity index (χ0v) is 12.5. The maximum atomic E-state index is 11.3. The van der Waals surface area contributed by atoms with Gasteiger partial charge in [0.05, 0.1) is 13.2 Å². The highest BCUT2D eigenvalue weighted by Gasteiger charge is 2.03. The number of rotatable bonds is 11. The molecule has 0 saturated heterocycles. The van der Waals surface area contributed by atoms with E-state index >= 15 is 0 Å². The summed E-state index contributed by atoms with van der Waals surface area (Å²) in [5.41, 5.74) is 0. The Kier molecular flexibility index (Phi) is 11.1. The Balaban J connectivity index is 3.27. The summed E-state index contributed by atoms with van der Waals surface area (Å²) in [5.74, 6) is -0.136. The van der Waals surface area contributed by atoms with Crippen molar-refractivity contribution in [1.29, 1.82) is 0 Å². The van der Waals surface area contributed by atoms with E-state index in [0.29, 0.717) is 19.2 Å². The number of hydrogen-bond donors (Lipinski definition) is 1. The molecule has 4 heteroatoms. The van der Waals surface area contributed by atoms with E-state index in [1.54, 1.807) is 0 Å². The molecule has 0 atom stereocenters. The number of nitrogens with one attached hydrogen (secondary N) is 1. The lowest BCUT2D eigenvalue weighted by molar-refractivity contribution is -0.142. The normalized spacial score (nSPS) is 11.2. The van der Waals surface area contributed by atoms with Gasteiger partial charge in [0.2, 0.25) is 0 Å². The van der Waals surface area contributed by atoms with Crippen LogP contribution in [-0.2, 0) is 9.53 Å². The third-order valence-corrected chi connectivity index (χ3v) is 3.03. The van der Waals surface area contributed by atoms with E-state index in [2.05, 4.69) is 38.0 Å². The SMILES string of the molecule is CCCCOC(=O)CNCCCCN(C)C(C)C. The van der Waals surface area contributed by atoms with E-state index in [1.165, 1.54) is 0 Å². The molecule has 0 aromatic carbocycles. The Labute approximate surface area is 112 Å². The minimum absolute atomic E-state index is 0.136. The molecule has 0 aromatic rings. The number of hydrogen-bond acceptors (Lipinski definition) is 4. The van der Waals surface area contributed by atoms with Crippen molar-refractivity contribution in [2.45, 2.75) is 52.5 Å². The summed E-state index contributed by atoms with van der Waals surface area (Å²) in [6, 6.07) is 0.603. The second kappa shape index (κ2) is 11.5. The van der Waals surface area contributed by atoms with Crippen LogP contribution in [-0.4, -0.2) is 50.2 Å². The molecular formula is C14H30N2O2. The molecule has 0 amide bonds. The van der Waals surface area contributed by atoms with Crippen molar-refractivity contribution in [1.82, 2.24) is 10.2 Å². The second-order valence-corrected chi connectivity index (χ2v) is 5.03. The first-order valence-corrected chi connectivity index (χ1v) is 7.14.